The third kappa shape index (κ3) is 4.11. The minimum atomic E-state index is -0.921. The molecule has 0 aliphatic rings. The Bertz CT molecular complexity index is 592. The summed E-state index contributed by atoms with van der Waals surface area (Å²) >= 11 is 0. The predicted molar refractivity (Wildman–Crippen MR) is 80.2 cm³/mol. The summed E-state index contributed by atoms with van der Waals surface area (Å²) < 4.78 is 26.3. The fraction of sp³-hybridized carbons (Fsp3) is 0.333. The molecule has 0 saturated carbocycles. The highest BCUT2D eigenvalue weighted by molar-refractivity contribution is 5.29. The first kappa shape index (κ1) is 15.6. The zero-order valence-corrected chi connectivity index (χ0v) is 12.5. The molecule has 1 N–H and O–H groups in total. The number of halogens is 2. The van der Waals surface area contributed by atoms with Crippen LogP contribution < -0.4 is 0 Å². The molecule has 0 amide bonds. The molecule has 0 fully saturated rings. The van der Waals surface area contributed by atoms with Crippen molar-refractivity contribution in [3.63, 3.8) is 0 Å². The van der Waals surface area contributed by atoms with Crippen molar-refractivity contribution in [3.05, 3.63) is 70.8 Å². The SMILES string of the molecule is CC(C)(C)c1ccc(CC(O)c2cc(F)cc(F)c2)cc1. The Labute approximate surface area is 124 Å². The first-order valence-corrected chi connectivity index (χ1v) is 6.99. The van der Waals surface area contributed by atoms with Crippen LogP contribution >= 0.6 is 0 Å². The summed E-state index contributed by atoms with van der Waals surface area (Å²) in [4.78, 5) is 0. The summed E-state index contributed by atoms with van der Waals surface area (Å²) in [6.45, 7) is 6.39. The molecule has 0 aromatic heterocycles. The van der Waals surface area contributed by atoms with E-state index < -0.39 is 17.7 Å². The standard InChI is InChI=1S/C18H20F2O/c1-18(2,3)14-6-4-12(5-7-14)8-17(21)13-9-15(19)11-16(20)10-13/h4-7,9-11,17,21H,8H2,1-3H3. The maximum atomic E-state index is 13.2. The van der Waals surface area contributed by atoms with Gasteiger partial charge in [0.15, 0.2) is 0 Å². The normalized spacial score (nSPS) is 13.2. The Balaban J connectivity index is 2.14. The van der Waals surface area contributed by atoms with Crippen LogP contribution in [-0.4, -0.2) is 5.11 Å². The van der Waals surface area contributed by atoms with Gasteiger partial charge < -0.3 is 5.11 Å². The van der Waals surface area contributed by atoms with Crippen LogP contribution in [0.4, 0.5) is 8.78 Å². The number of rotatable bonds is 3. The average molecular weight is 290 g/mol. The van der Waals surface area contributed by atoms with E-state index >= 15 is 0 Å². The molecule has 0 spiro atoms. The number of hydrogen-bond acceptors (Lipinski definition) is 1. The van der Waals surface area contributed by atoms with E-state index in [0.717, 1.165) is 23.8 Å². The number of hydrogen-bond donors (Lipinski definition) is 1. The number of aliphatic hydroxyl groups excluding tert-OH is 1. The second-order valence-corrected chi connectivity index (χ2v) is 6.37. The van der Waals surface area contributed by atoms with Gasteiger partial charge in [0.1, 0.15) is 11.6 Å². The van der Waals surface area contributed by atoms with Crippen LogP contribution in [0.15, 0.2) is 42.5 Å². The molecule has 0 bridgehead atoms. The molecule has 2 aromatic carbocycles. The molecular weight excluding hydrogens is 270 g/mol. The van der Waals surface area contributed by atoms with Gasteiger partial charge >= 0.3 is 0 Å². The molecule has 0 radical (unpaired) electrons. The van der Waals surface area contributed by atoms with Crippen molar-refractivity contribution in [2.75, 3.05) is 0 Å². The molecule has 2 aromatic rings. The van der Waals surface area contributed by atoms with Crippen molar-refractivity contribution < 1.29 is 13.9 Å². The van der Waals surface area contributed by atoms with Crippen LogP contribution in [0.25, 0.3) is 0 Å². The van der Waals surface area contributed by atoms with Crippen molar-refractivity contribution in [1.29, 1.82) is 0 Å². The Morgan fingerprint density at radius 2 is 1.48 bits per heavy atom. The zero-order chi connectivity index (χ0) is 15.6. The van der Waals surface area contributed by atoms with E-state index in [1.54, 1.807) is 0 Å². The van der Waals surface area contributed by atoms with Gasteiger partial charge in [-0.2, -0.15) is 0 Å². The molecule has 0 aliphatic heterocycles. The molecule has 21 heavy (non-hydrogen) atoms. The van der Waals surface area contributed by atoms with E-state index in [1.807, 2.05) is 24.3 Å². The quantitative estimate of drug-likeness (QED) is 0.880. The monoisotopic (exact) mass is 290 g/mol. The first-order valence-electron chi connectivity index (χ1n) is 6.99. The Kier molecular flexibility index (Phi) is 4.43. The topological polar surface area (TPSA) is 20.2 Å². The van der Waals surface area contributed by atoms with Crippen LogP contribution in [0.3, 0.4) is 0 Å². The average Bonchev–Trinajstić information content (AvgIpc) is 2.37. The van der Waals surface area contributed by atoms with Crippen LogP contribution in [0, 0.1) is 11.6 Å². The van der Waals surface area contributed by atoms with Gasteiger partial charge in [-0.25, -0.2) is 8.78 Å². The lowest BCUT2D eigenvalue weighted by Gasteiger charge is -2.19. The second-order valence-electron chi connectivity index (χ2n) is 6.37. The Morgan fingerprint density at radius 3 is 1.95 bits per heavy atom. The fourth-order valence-electron chi connectivity index (χ4n) is 2.25. The lowest BCUT2D eigenvalue weighted by molar-refractivity contribution is 0.177. The van der Waals surface area contributed by atoms with Crippen LogP contribution in [0.1, 0.15) is 43.6 Å². The summed E-state index contributed by atoms with van der Waals surface area (Å²) in [5.41, 5.74) is 2.47. The Hall–Kier alpha value is -1.74. The molecule has 1 unspecified atom stereocenters. The second kappa shape index (κ2) is 5.94. The summed E-state index contributed by atoms with van der Waals surface area (Å²) in [6, 6.07) is 11.1. The van der Waals surface area contributed by atoms with Gasteiger partial charge in [0, 0.05) is 12.5 Å². The maximum Gasteiger partial charge on any atom is 0.126 e. The molecule has 0 aliphatic carbocycles. The molecule has 0 saturated heterocycles. The highest BCUT2D eigenvalue weighted by Crippen LogP contribution is 2.24. The summed E-state index contributed by atoms with van der Waals surface area (Å²) in [5.74, 6) is -1.35. The van der Waals surface area contributed by atoms with Crippen molar-refractivity contribution in [3.8, 4) is 0 Å². The predicted octanol–water partition coefficient (Wildman–Crippen LogP) is 4.54. The van der Waals surface area contributed by atoms with Gasteiger partial charge in [0.25, 0.3) is 0 Å². The molecule has 1 atom stereocenters. The summed E-state index contributed by atoms with van der Waals surface area (Å²) in [5, 5.41) is 10.1. The van der Waals surface area contributed by atoms with Gasteiger partial charge in [-0.05, 0) is 34.2 Å². The van der Waals surface area contributed by atoms with Crippen molar-refractivity contribution in [2.24, 2.45) is 0 Å². The lowest BCUT2D eigenvalue weighted by atomic mass is 9.86. The Morgan fingerprint density at radius 1 is 0.952 bits per heavy atom. The van der Waals surface area contributed by atoms with Crippen molar-refractivity contribution >= 4 is 0 Å². The summed E-state index contributed by atoms with van der Waals surface area (Å²) in [6.07, 6.45) is -0.594. The lowest BCUT2D eigenvalue weighted by Crippen LogP contribution is -2.11. The van der Waals surface area contributed by atoms with Gasteiger partial charge in [0.05, 0.1) is 6.10 Å². The van der Waals surface area contributed by atoms with E-state index in [0.29, 0.717) is 6.42 Å². The van der Waals surface area contributed by atoms with Gasteiger partial charge in [-0.15, -0.1) is 0 Å². The van der Waals surface area contributed by atoms with E-state index in [9.17, 15) is 13.9 Å². The zero-order valence-electron chi connectivity index (χ0n) is 12.5. The highest BCUT2D eigenvalue weighted by atomic mass is 19.1. The molecule has 2 rings (SSSR count). The minimum Gasteiger partial charge on any atom is -0.388 e. The number of aliphatic hydroxyl groups is 1. The molecule has 3 heteroatoms. The molecule has 1 nitrogen and oxygen atoms in total. The molecule has 112 valence electrons. The van der Waals surface area contributed by atoms with Crippen LogP contribution in [-0.2, 0) is 11.8 Å². The van der Waals surface area contributed by atoms with E-state index in [4.69, 9.17) is 0 Å². The molecular formula is C18H20F2O. The van der Waals surface area contributed by atoms with Crippen LogP contribution in [0.2, 0.25) is 0 Å². The van der Waals surface area contributed by atoms with Crippen molar-refractivity contribution in [1.82, 2.24) is 0 Å². The first-order chi connectivity index (χ1) is 9.75. The number of benzene rings is 2. The van der Waals surface area contributed by atoms with Gasteiger partial charge in [0.2, 0.25) is 0 Å². The minimum absolute atomic E-state index is 0.0723. The largest absolute Gasteiger partial charge is 0.388 e. The third-order valence-electron chi connectivity index (χ3n) is 3.52. The highest BCUT2D eigenvalue weighted by Gasteiger charge is 2.15. The fourth-order valence-corrected chi connectivity index (χ4v) is 2.25. The van der Waals surface area contributed by atoms with E-state index in [2.05, 4.69) is 20.8 Å². The van der Waals surface area contributed by atoms with Gasteiger partial charge in [-0.1, -0.05) is 45.0 Å². The van der Waals surface area contributed by atoms with E-state index in [1.165, 1.54) is 5.56 Å². The van der Waals surface area contributed by atoms with E-state index in [-0.39, 0.29) is 11.0 Å². The third-order valence-corrected chi connectivity index (χ3v) is 3.52. The van der Waals surface area contributed by atoms with Crippen LogP contribution in [0.5, 0.6) is 0 Å². The van der Waals surface area contributed by atoms with Gasteiger partial charge in [-0.3, -0.25) is 0 Å². The van der Waals surface area contributed by atoms with Crippen molar-refractivity contribution in [2.45, 2.75) is 38.7 Å². The maximum absolute atomic E-state index is 13.2. The summed E-state index contributed by atoms with van der Waals surface area (Å²) in [7, 11) is 0. The smallest absolute Gasteiger partial charge is 0.126 e. The molecule has 0 heterocycles.